The van der Waals surface area contributed by atoms with Crippen molar-refractivity contribution in [1.82, 2.24) is 0 Å². The first-order chi connectivity index (χ1) is 10.0. The van der Waals surface area contributed by atoms with Crippen LogP contribution >= 0.6 is 0 Å². The number of nitrogens with zero attached hydrogens (tertiary/aromatic N) is 2. The van der Waals surface area contributed by atoms with E-state index < -0.39 is 0 Å². The Morgan fingerprint density at radius 3 is 1.24 bits per heavy atom. The molecule has 3 heteroatoms. The number of rotatable bonds is 5. The monoisotopic (exact) mass is 284 g/mol. The molecular formula is C18H24N2O. The second kappa shape index (κ2) is 6.64. The van der Waals surface area contributed by atoms with Gasteiger partial charge in [0.15, 0.2) is 0 Å². The van der Waals surface area contributed by atoms with Gasteiger partial charge in [-0.25, -0.2) is 0 Å². The third-order valence-corrected chi connectivity index (χ3v) is 3.66. The van der Waals surface area contributed by atoms with E-state index in [2.05, 4.69) is 58.3 Å². The molecule has 112 valence electrons. The maximum atomic E-state index is 5.70. The zero-order chi connectivity index (χ0) is 15.4. The first kappa shape index (κ1) is 15.4. The van der Waals surface area contributed by atoms with Crippen molar-refractivity contribution in [2.75, 3.05) is 45.1 Å². The molecule has 0 spiro atoms. The van der Waals surface area contributed by atoms with E-state index in [0.717, 1.165) is 0 Å². The summed E-state index contributed by atoms with van der Waals surface area (Å²) in [4.78, 5) is 4.19. The molecule has 0 saturated carbocycles. The van der Waals surface area contributed by atoms with Crippen LogP contribution in [-0.2, 0) is 4.74 Å². The summed E-state index contributed by atoms with van der Waals surface area (Å²) < 4.78 is 5.70. The second-order valence-corrected chi connectivity index (χ2v) is 5.59. The van der Waals surface area contributed by atoms with Crippen LogP contribution < -0.4 is 9.80 Å². The van der Waals surface area contributed by atoms with E-state index in [4.69, 9.17) is 4.74 Å². The Morgan fingerprint density at radius 2 is 1.00 bits per heavy atom. The summed E-state index contributed by atoms with van der Waals surface area (Å²) in [6.45, 7) is 0. The highest BCUT2D eigenvalue weighted by molar-refractivity contribution is 5.49. The van der Waals surface area contributed by atoms with Crippen LogP contribution in [0.5, 0.6) is 0 Å². The van der Waals surface area contributed by atoms with Gasteiger partial charge in [-0.1, -0.05) is 24.3 Å². The number of anilines is 2. The largest absolute Gasteiger partial charge is 0.378 e. The summed E-state index contributed by atoms with van der Waals surface area (Å²) in [6, 6.07) is 17.0. The Balaban J connectivity index is 2.26. The van der Waals surface area contributed by atoms with Crippen molar-refractivity contribution in [2.45, 2.75) is 6.10 Å². The van der Waals surface area contributed by atoms with E-state index in [0.29, 0.717) is 0 Å². The van der Waals surface area contributed by atoms with Gasteiger partial charge in [0.1, 0.15) is 6.10 Å². The Bertz CT molecular complexity index is 507. The summed E-state index contributed by atoms with van der Waals surface area (Å²) in [7, 11) is 9.93. The predicted molar refractivity (Wildman–Crippen MR) is 90.4 cm³/mol. The fraction of sp³-hybridized carbons (Fsp3) is 0.333. The van der Waals surface area contributed by atoms with Gasteiger partial charge in [0.05, 0.1) is 0 Å². The van der Waals surface area contributed by atoms with Crippen LogP contribution in [0.15, 0.2) is 48.5 Å². The highest BCUT2D eigenvalue weighted by Crippen LogP contribution is 2.28. The van der Waals surface area contributed by atoms with Gasteiger partial charge in [0.2, 0.25) is 0 Å². The van der Waals surface area contributed by atoms with Crippen molar-refractivity contribution in [3.63, 3.8) is 0 Å². The lowest BCUT2D eigenvalue weighted by Gasteiger charge is -2.19. The van der Waals surface area contributed by atoms with Crippen LogP contribution in [0.2, 0.25) is 0 Å². The average molecular weight is 284 g/mol. The smallest absolute Gasteiger partial charge is 0.107 e. The quantitative estimate of drug-likeness (QED) is 0.835. The maximum Gasteiger partial charge on any atom is 0.107 e. The lowest BCUT2D eigenvalue weighted by Crippen LogP contribution is -2.10. The lowest BCUT2D eigenvalue weighted by atomic mass is 10.0. The van der Waals surface area contributed by atoms with Crippen molar-refractivity contribution >= 4 is 11.4 Å². The van der Waals surface area contributed by atoms with Gasteiger partial charge < -0.3 is 14.5 Å². The summed E-state index contributed by atoms with van der Waals surface area (Å²) in [6.07, 6.45) is -0.0302. The molecule has 0 amide bonds. The molecule has 0 radical (unpaired) electrons. The Labute approximate surface area is 127 Å². The minimum Gasteiger partial charge on any atom is -0.378 e. The summed E-state index contributed by atoms with van der Waals surface area (Å²) in [5, 5.41) is 0. The Kier molecular flexibility index (Phi) is 4.86. The van der Waals surface area contributed by atoms with Gasteiger partial charge >= 0.3 is 0 Å². The molecule has 0 bridgehead atoms. The Morgan fingerprint density at radius 1 is 0.667 bits per heavy atom. The number of ether oxygens (including phenoxy) is 1. The standard InChI is InChI=1S/C18H24N2O/c1-19(2)16-10-6-14(7-11-16)18(21-5)15-8-12-17(13-9-15)20(3)4/h6-13,18H,1-5H3. The van der Waals surface area contributed by atoms with Crippen molar-refractivity contribution < 1.29 is 4.74 Å². The molecule has 0 unspecified atom stereocenters. The molecule has 0 aliphatic rings. The molecule has 0 saturated heterocycles. The summed E-state index contributed by atoms with van der Waals surface area (Å²) in [5.74, 6) is 0. The van der Waals surface area contributed by atoms with Crippen LogP contribution in [0.25, 0.3) is 0 Å². The average Bonchev–Trinajstić information content (AvgIpc) is 2.49. The van der Waals surface area contributed by atoms with E-state index in [1.54, 1.807) is 7.11 Å². The van der Waals surface area contributed by atoms with E-state index in [9.17, 15) is 0 Å². The van der Waals surface area contributed by atoms with Gasteiger partial charge in [-0.2, -0.15) is 0 Å². The molecule has 0 aromatic heterocycles. The molecule has 3 nitrogen and oxygen atoms in total. The van der Waals surface area contributed by atoms with E-state index in [1.165, 1.54) is 22.5 Å². The van der Waals surface area contributed by atoms with Crippen LogP contribution in [0, 0.1) is 0 Å². The minimum absolute atomic E-state index is 0.0302. The number of hydrogen-bond acceptors (Lipinski definition) is 3. The normalized spacial score (nSPS) is 10.8. The SMILES string of the molecule is COC(c1ccc(N(C)C)cc1)c1ccc(N(C)C)cc1. The molecule has 2 aromatic carbocycles. The highest BCUT2D eigenvalue weighted by Gasteiger charge is 2.13. The van der Waals surface area contributed by atoms with Crippen molar-refractivity contribution in [1.29, 1.82) is 0 Å². The summed E-state index contributed by atoms with van der Waals surface area (Å²) >= 11 is 0. The van der Waals surface area contributed by atoms with E-state index in [1.807, 2.05) is 28.2 Å². The molecule has 0 N–H and O–H groups in total. The first-order valence-electron chi connectivity index (χ1n) is 7.10. The third-order valence-electron chi connectivity index (χ3n) is 3.66. The molecule has 0 aliphatic carbocycles. The van der Waals surface area contributed by atoms with Gasteiger partial charge in [-0.05, 0) is 35.4 Å². The van der Waals surface area contributed by atoms with Crippen molar-refractivity contribution in [3.05, 3.63) is 59.7 Å². The lowest BCUT2D eigenvalue weighted by molar-refractivity contribution is 0.136. The molecule has 0 atom stereocenters. The van der Waals surface area contributed by atoms with Crippen molar-refractivity contribution in [2.24, 2.45) is 0 Å². The maximum absolute atomic E-state index is 5.70. The van der Waals surface area contributed by atoms with Gasteiger partial charge in [0, 0.05) is 46.7 Å². The highest BCUT2D eigenvalue weighted by atomic mass is 16.5. The van der Waals surface area contributed by atoms with Gasteiger partial charge in [-0.3, -0.25) is 0 Å². The fourth-order valence-electron chi connectivity index (χ4n) is 2.36. The van der Waals surface area contributed by atoms with Gasteiger partial charge in [0.25, 0.3) is 0 Å². The molecule has 2 rings (SSSR count). The zero-order valence-corrected chi connectivity index (χ0v) is 13.5. The van der Waals surface area contributed by atoms with E-state index in [-0.39, 0.29) is 6.10 Å². The third kappa shape index (κ3) is 3.56. The molecular weight excluding hydrogens is 260 g/mol. The van der Waals surface area contributed by atoms with E-state index >= 15 is 0 Å². The van der Waals surface area contributed by atoms with Gasteiger partial charge in [-0.15, -0.1) is 0 Å². The molecule has 0 heterocycles. The molecule has 2 aromatic rings. The minimum atomic E-state index is -0.0302. The molecule has 21 heavy (non-hydrogen) atoms. The topological polar surface area (TPSA) is 15.7 Å². The fourth-order valence-corrected chi connectivity index (χ4v) is 2.36. The molecule has 0 fully saturated rings. The number of hydrogen-bond donors (Lipinski definition) is 0. The summed E-state index contributed by atoms with van der Waals surface area (Å²) in [5.41, 5.74) is 4.72. The predicted octanol–water partition coefficient (Wildman–Crippen LogP) is 3.55. The first-order valence-corrected chi connectivity index (χ1v) is 7.10. The van der Waals surface area contributed by atoms with Crippen LogP contribution in [0.3, 0.4) is 0 Å². The number of methoxy groups -OCH3 is 1. The van der Waals surface area contributed by atoms with Crippen LogP contribution in [0.1, 0.15) is 17.2 Å². The Hall–Kier alpha value is -2.00. The molecule has 0 aliphatic heterocycles. The zero-order valence-electron chi connectivity index (χ0n) is 13.5. The van der Waals surface area contributed by atoms with Crippen LogP contribution in [0.4, 0.5) is 11.4 Å². The number of benzene rings is 2. The second-order valence-electron chi connectivity index (χ2n) is 5.59. The van der Waals surface area contributed by atoms with Crippen molar-refractivity contribution in [3.8, 4) is 0 Å². The van der Waals surface area contributed by atoms with Crippen LogP contribution in [-0.4, -0.2) is 35.3 Å².